The van der Waals surface area contributed by atoms with Gasteiger partial charge in [-0.1, -0.05) is 44.2 Å². The minimum absolute atomic E-state index is 0. The molecule has 1 nitrogen and oxygen atoms in total. The van der Waals surface area contributed by atoms with Gasteiger partial charge < -0.3 is 4.74 Å². The minimum Gasteiger partial charge on any atom is -0.457 e. The molecule has 0 saturated carbocycles. The molecule has 1 heterocycles. The molecule has 0 saturated heterocycles. The smallest absolute Gasteiger partial charge is 0.131 e. The van der Waals surface area contributed by atoms with E-state index in [2.05, 4.69) is 44.2 Å². The van der Waals surface area contributed by atoms with Crippen LogP contribution in [0.1, 0.15) is 36.5 Å². The van der Waals surface area contributed by atoms with Gasteiger partial charge in [-0.15, -0.1) is 0 Å². The van der Waals surface area contributed by atoms with Crippen molar-refractivity contribution < 1.29 is 4.74 Å². The van der Waals surface area contributed by atoms with Crippen LogP contribution >= 0.6 is 0 Å². The standard InChI is InChI=1S/C16H16O.Na/c1-11(2)13-7-5-9-16-14(13)10-12-6-3-4-8-15(12)17-16;/h3-9,11H,10H2,1-2H3;. The van der Waals surface area contributed by atoms with Crippen molar-refractivity contribution in [3.8, 4) is 11.5 Å². The van der Waals surface area contributed by atoms with E-state index in [9.17, 15) is 0 Å². The molecule has 0 fully saturated rings. The first-order valence-electron chi connectivity index (χ1n) is 6.13. The van der Waals surface area contributed by atoms with Gasteiger partial charge in [-0.2, -0.15) is 0 Å². The average Bonchev–Trinajstić information content (AvgIpc) is 2.35. The summed E-state index contributed by atoms with van der Waals surface area (Å²) in [5.74, 6) is 2.56. The Morgan fingerprint density at radius 1 is 0.944 bits per heavy atom. The molecule has 1 radical (unpaired) electrons. The third kappa shape index (κ3) is 2.35. The van der Waals surface area contributed by atoms with Crippen molar-refractivity contribution >= 4 is 29.6 Å². The van der Waals surface area contributed by atoms with E-state index >= 15 is 0 Å². The predicted molar refractivity (Wildman–Crippen MR) is 75.6 cm³/mol. The van der Waals surface area contributed by atoms with Gasteiger partial charge in [0, 0.05) is 41.5 Å². The van der Waals surface area contributed by atoms with Gasteiger partial charge in [0.25, 0.3) is 0 Å². The second-order valence-corrected chi connectivity index (χ2v) is 4.87. The summed E-state index contributed by atoms with van der Waals surface area (Å²) >= 11 is 0. The van der Waals surface area contributed by atoms with Gasteiger partial charge in [-0.25, -0.2) is 0 Å². The van der Waals surface area contributed by atoms with Gasteiger partial charge in [0.05, 0.1) is 0 Å². The van der Waals surface area contributed by atoms with Crippen molar-refractivity contribution in [2.75, 3.05) is 0 Å². The van der Waals surface area contributed by atoms with Gasteiger partial charge in [0.2, 0.25) is 0 Å². The normalized spacial score (nSPS) is 12.2. The number of fused-ring (bicyclic) bond motifs is 2. The van der Waals surface area contributed by atoms with Crippen LogP contribution in [0.25, 0.3) is 0 Å². The fourth-order valence-electron chi connectivity index (χ4n) is 2.47. The molecule has 0 N–H and O–H groups in total. The van der Waals surface area contributed by atoms with Gasteiger partial charge >= 0.3 is 0 Å². The fraction of sp³-hybridized carbons (Fsp3) is 0.250. The second-order valence-electron chi connectivity index (χ2n) is 4.87. The molecule has 2 heteroatoms. The van der Waals surface area contributed by atoms with Crippen LogP contribution in [0, 0.1) is 0 Å². The Bertz CT molecular complexity index is 561. The van der Waals surface area contributed by atoms with Crippen molar-refractivity contribution in [2.24, 2.45) is 0 Å². The zero-order valence-electron chi connectivity index (χ0n) is 11.2. The molecule has 0 spiro atoms. The Labute approximate surface area is 130 Å². The van der Waals surface area contributed by atoms with E-state index in [0.29, 0.717) is 5.92 Å². The van der Waals surface area contributed by atoms with E-state index in [1.165, 1.54) is 16.7 Å². The summed E-state index contributed by atoms with van der Waals surface area (Å²) in [6.45, 7) is 4.46. The summed E-state index contributed by atoms with van der Waals surface area (Å²) < 4.78 is 5.97. The summed E-state index contributed by atoms with van der Waals surface area (Å²) in [5, 5.41) is 0. The van der Waals surface area contributed by atoms with E-state index in [4.69, 9.17) is 4.74 Å². The first-order chi connectivity index (χ1) is 8.25. The molecular weight excluding hydrogens is 231 g/mol. The van der Waals surface area contributed by atoms with Crippen LogP contribution < -0.4 is 4.74 Å². The first kappa shape index (κ1) is 13.7. The van der Waals surface area contributed by atoms with Crippen molar-refractivity contribution in [3.63, 3.8) is 0 Å². The molecule has 0 aliphatic carbocycles. The molecule has 1 aliphatic heterocycles. The van der Waals surface area contributed by atoms with Crippen LogP contribution in [-0.4, -0.2) is 29.6 Å². The Kier molecular flexibility index (Phi) is 4.16. The van der Waals surface area contributed by atoms with Crippen LogP contribution in [0.15, 0.2) is 42.5 Å². The monoisotopic (exact) mass is 247 g/mol. The summed E-state index contributed by atoms with van der Waals surface area (Å²) in [6.07, 6.45) is 0.986. The number of ether oxygens (including phenoxy) is 1. The first-order valence-corrected chi connectivity index (χ1v) is 6.13. The number of benzene rings is 2. The molecule has 0 unspecified atom stereocenters. The van der Waals surface area contributed by atoms with Gasteiger partial charge in [-0.3, -0.25) is 0 Å². The van der Waals surface area contributed by atoms with Crippen molar-refractivity contribution in [3.05, 3.63) is 59.2 Å². The number of hydrogen-bond donors (Lipinski definition) is 0. The fourth-order valence-corrected chi connectivity index (χ4v) is 2.47. The van der Waals surface area contributed by atoms with Crippen molar-refractivity contribution in [1.29, 1.82) is 0 Å². The van der Waals surface area contributed by atoms with Crippen molar-refractivity contribution in [1.82, 2.24) is 0 Å². The quantitative estimate of drug-likeness (QED) is 0.588. The van der Waals surface area contributed by atoms with E-state index in [1.807, 2.05) is 12.1 Å². The molecule has 0 bridgehead atoms. The molecule has 18 heavy (non-hydrogen) atoms. The maximum absolute atomic E-state index is 5.97. The van der Waals surface area contributed by atoms with E-state index in [0.717, 1.165) is 17.9 Å². The Hall–Kier alpha value is -0.760. The van der Waals surface area contributed by atoms with Crippen LogP contribution in [0.2, 0.25) is 0 Å². The SMILES string of the molecule is CC(C)c1cccc2c1Cc1ccccc1O2.[Na]. The predicted octanol–water partition coefficient (Wildman–Crippen LogP) is 4.13. The summed E-state index contributed by atoms with van der Waals surface area (Å²) in [6, 6.07) is 14.6. The molecule has 1 aliphatic rings. The third-order valence-corrected chi connectivity index (χ3v) is 3.35. The molecule has 2 aromatic carbocycles. The Balaban J connectivity index is 0.00000120. The van der Waals surface area contributed by atoms with Gasteiger partial charge in [-0.05, 0) is 29.2 Å². The molecule has 87 valence electrons. The zero-order chi connectivity index (χ0) is 11.8. The van der Waals surface area contributed by atoms with Crippen LogP contribution in [0.5, 0.6) is 11.5 Å². The Morgan fingerprint density at radius 2 is 1.67 bits per heavy atom. The minimum atomic E-state index is 0. The molecular formula is C16H16NaO. The molecule has 3 rings (SSSR count). The van der Waals surface area contributed by atoms with E-state index in [-0.39, 0.29) is 29.6 Å². The van der Waals surface area contributed by atoms with Crippen LogP contribution in [-0.2, 0) is 6.42 Å². The largest absolute Gasteiger partial charge is 0.457 e. The summed E-state index contributed by atoms with van der Waals surface area (Å²) in [4.78, 5) is 0. The number of para-hydroxylation sites is 1. The van der Waals surface area contributed by atoms with E-state index < -0.39 is 0 Å². The summed E-state index contributed by atoms with van der Waals surface area (Å²) in [7, 11) is 0. The third-order valence-electron chi connectivity index (χ3n) is 3.35. The van der Waals surface area contributed by atoms with Crippen LogP contribution in [0.4, 0.5) is 0 Å². The maximum atomic E-state index is 5.97. The van der Waals surface area contributed by atoms with Gasteiger partial charge in [0.1, 0.15) is 11.5 Å². The molecule has 0 amide bonds. The number of hydrogen-bond acceptors (Lipinski definition) is 1. The molecule has 2 aromatic rings. The average molecular weight is 247 g/mol. The summed E-state index contributed by atoms with van der Waals surface area (Å²) in [5.41, 5.74) is 4.03. The zero-order valence-corrected chi connectivity index (χ0v) is 13.2. The van der Waals surface area contributed by atoms with Crippen molar-refractivity contribution in [2.45, 2.75) is 26.2 Å². The second kappa shape index (κ2) is 5.48. The Morgan fingerprint density at radius 3 is 2.44 bits per heavy atom. The molecule has 0 aromatic heterocycles. The maximum Gasteiger partial charge on any atom is 0.131 e. The number of rotatable bonds is 1. The molecule has 0 atom stereocenters. The van der Waals surface area contributed by atoms with Crippen LogP contribution in [0.3, 0.4) is 0 Å². The van der Waals surface area contributed by atoms with E-state index in [1.54, 1.807) is 0 Å². The van der Waals surface area contributed by atoms with Gasteiger partial charge in [0.15, 0.2) is 0 Å². The topological polar surface area (TPSA) is 9.23 Å².